The number of methoxy groups -OCH3 is 1. The molecule has 0 atom stereocenters. The van der Waals surface area contributed by atoms with E-state index in [1.807, 2.05) is 0 Å². The highest BCUT2D eigenvalue weighted by Crippen LogP contribution is 2.30. The first-order chi connectivity index (χ1) is 14.4. The molecular weight excluding hydrogens is 404 g/mol. The van der Waals surface area contributed by atoms with Crippen molar-refractivity contribution in [1.29, 1.82) is 0 Å². The van der Waals surface area contributed by atoms with Crippen molar-refractivity contribution < 1.29 is 22.7 Å². The van der Waals surface area contributed by atoms with E-state index >= 15 is 0 Å². The molecule has 3 rings (SSSR count). The van der Waals surface area contributed by atoms with E-state index in [1.54, 1.807) is 37.4 Å². The number of hydrogen-bond donors (Lipinski definition) is 2. The highest BCUT2D eigenvalue weighted by Gasteiger charge is 2.24. The van der Waals surface area contributed by atoms with E-state index in [9.17, 15) is 13.2 Å². The van der Waals surface area contributed by atoms with Gasteiger partial charge in [-0.15, -0.1) is 0 Å². The number of sulfonamides is 1. The zero-order chi connectivity index (χ0) is 21.6. The maximum atomic E-state index is 12.8. The molecule has 0 spiro atoms. The molecule has 2 aromatic rings. The molecule has 2 N–H and O–H groups in total. The number of rotatable bonds is 11. The number of carbonyl (C=O) groups excluding carboxylic acids is 1. The van der Waals surface area contributed by atoms with E-state index in [0.29, 0.717) is 36.3 Å². The molecule has 7 nitrogen and oxygen atoms in total. The molecule has 0 bridgehead atoms. The van der Waals surface area contributed by atoms with Crippen molar-refractivity contribution >= 4 is 21.6 Å². The first-order valence-electron chi connectivity index (χ1n) is 10.1. The third-order valence-corrected chi connectivity index (χ3v) is 6.28. The van der Waals surface area contributed by atoms with Crippen molar-refractivity contribution in [2.24, 2.45) is 5.92 Å². The molecule has 0 aliphatic heterocycles. The zero-order valence-corrected chi connectivity index (χ0v) is 18.1. The second-order valence-corrected chi connectivity index (χ2v) is 9.11. The maximum Gasteiger partial charge on any atom is 0.255 e. The predicted molar refractivity (Wildman–Crippen MR) is 116 cm³/mol. The van der Waals surface area contributed by atoms with Crippen LogP contribution in [0.3, 0.4) is 0 Å². The van der Waals surface area contributed by atoms with E-state index < -0.39 is 15.9 Å². The molecule has 0 radical (unpaired) electrons. The lowest BCUT2D eigenvalue weighted by atomic mass is 10.2. The molecule has 1 saturated carbocycles. The lowest BCUT2D eigenvalue weighted by Gasteiger charge is -2.14. The molecule has 0 heterocycles. The van der Waals surface area contributed by atoms with Crippen LogP contribution in [-0.4, -0.2) is 34.6 Å². The summed E-state index contributed by atoms with van der Waals surface area (Å²) in [7, 11) is -2.11. The minimum absolute atomic E-state index is 0.0702. The van der Waals surface area contributed by atoms with Gasteiger partial charge in [-0.1, -0.05) is 19.4 Å². The molecule has 1 aliphatic rings. The third-order valence-electron chi connectivity index (χ3n) is 4.86. The van der Waals surface area contributed by atoms with Crippen LogP contribution < -0.4 is 19.5 Å². The van der Waals surface area contributed by atoms with Crippen LogP contribution in [0.4, 0.5) is 5.69 Å². The van der Waals surface area contributed by atoms with Gasteiger partial charge in [0.15, 0.2) is 0 Å². The van der Waals surface area contributed by atoms with Gasteiger partial charge in [-0.2, -0.15) is 0 Å². The number of benzene rings is 2. The highest BCUT2D eigenvalue weighted by atomic mass is 32.2. The molecule has 0 aromatic heterocycles. The summed E-state index contributed by atoms with van der Waals surface area (Å²) in [5.41, 5.74) is 0.710. The van der Waals surface area contributed by atoms with Gasteiger partial charge in [0.25, 0.3) is 5.91 Å². The van der Waals surface area contributed by atoms with Crippen LogP contribution in [0.2, 0.25) is 0 Å². The molecule has 162 valence electrons. The quantitative estimate of drug-likeness (QED) is 0.527. The van der Waals surface area contributed by atoms with Crippen LogP contribution >= 0.6 is 0 Å². The van der Waals surface area contributed by atoms with Crippen LogP contribution in [-0.2, 0) is 10.0 Å². The van der Waals surface area contributed by atoms with E-state index in [1.165, 1.54) is 12.1 Å². The van der Waals surface area contributed by atoms with Crippen LogP contribution in [0, 0.1) is 5.92 Å². The molecule has 2 aromatic carbocycles. The minimum Gasteiger partial charge on any atom is -0.497 e. The van der Waals surface area contributed by atoms with E-state index in [2.05, 4.69) is 17.0 Å². The topological polar surface area (TPSA) is 93.7 Å². The molecule has 1 aliphatic carbocycles. The second kappa shape index (κ2) is 9.95. The highest BCUT2D eigenvalue weighted by molar-refractivity contribution is 7.89. The number of hydrogen-bond acceptors (Lipinski definition) is 5. The Kier molecular flexibility index (Phi) is 7.33. The lowest BCUT2D eigenvalue weighted by molar-refractivity contribution is 0.102. The number of anilines is 1. The first kappa shape index (κ1) is 22.1. The summed E-state index contributed by atoms with van der Waals surface area (Å²) in [5, 5.41) is 2.81. The fraction of sp³-hybridized carbons (Fsp3) is 0.409. The Bertz CT molecular complexity index is 987. The number of unbranched alkanes of at least 4 members (excludes halogenated alkanes) is 1. The normalized spacial score (nSPS) is 13.7. The number of nitrogens with one attached hydrogen (secondary N) is 2. The summed E-state index contributed by atoms with van der Waals surface area (Å²) in [6.45, 7) is 3.04. The smallest absolute Gasteiger partial charge is 0.255 e. The number of ether oxygens (including phenoxy) is 2. The van der Waals surface area contributed by atoms with Crippen molar-refractivity contribution in [3.8, 4) is 11.5 Å². The fourth-order valence-corrected chi connectivity index (χ4v) is 3.98. The lowest BCUT2D eigenvalue weighted by Crippen LogP contribution is -2.26. The minimum atomic E-state index is -3.65. The van der Waals surface area contributed by atoms with Crippen molar-refractivity contribution in [2.75, 3.05) is 25.6 Å². The van der Waals surface area contributed by atoms with Crippen molar-refractivity contribution in [3.63, 3.8) is 0 Å². The van der Waals surface area contributed by atoms with Gasteiger partial charge < -0.3 is 14.8 Å². The van der Waals surface area contributed by atoms with Gasteiger partial charge in [-0.05, 0) is 55.5 Å². The maximum absolute atomic E-state index is 12.8. The molecule has 1 amide bonds. The average molecular weight is 433 g/mol. The molecular formula is C22H28N2O5S. The molecule has 1 fully saturated rings. The summed E-state index contributed by atoms with van der Waals surface area (Å²) >= 11 is 0. The Hall–Kier alpha value is -2.58. The summed E-state index contributed by atoms with van der Waals surface area (Å²) in [6, 6.07) is 11.2. The monoisotopic (exact) mass is 432 g/mol. The SMILES string of the molecule is CCCCOc1ccc(OC)cc1NC(=O)c1cccc(S(=O)(=O)NCC2CC2)c1. The average Bonchev–Trinajstić information content (AvgIpc) is 3.58. The van der Waals surface area contributed by atoms with Crippen LogP contribution in [0.15, 0.2) is 47.4 Å². The summed E-state index contributed by atoms with van der Waals surface area (Å²) in [6.07, 6.45) is 3.99. The Morgan fingerprint density at radius 3 is 2.67 bits per heavy atom. The second-order valence-electron chi connectivity index (χ2n) is 7.34. The number of carbonyl (C=O) groups is 1. The van der Waals surface area contributed by atoms with Gasteiger partial charge >= 0.3 is 0 Å². The fourth-order valence-electron chi connectivity index (χ4n) is 2.82. The zero-order valence-electron chi connectivity index (χ0n) is 17.3. The summed E-state index contributed by atoms with van der Waals surface area (Å²) in [5.74, 6) is 1.11. The van der Waals surface area contributed by atoms with Gasteiger partial charge in [-0.25, -0.2) is 13.1 Å². The van der Waals surface area contributed by atoms with Gasteiger partial charge in [0.1, 0.15) is 11.5 Å². The Morgan fingerprint density at radius 2 is 1.97 bits per heavy atom. The first-order valence-corrected chi connectivity index (χ1v) is 11.6. The predicted octanol–water partition coefficient (Wildman–Crippen LogP) is 3.81. The van der Waals surface area contributed by atoms with Crippen LogP contribution in [0.1, 0.15) is 43.0 Å². The Labute approximate surface area is 177 Å². The molecule has 0 saturated heterocycles. The van der Waals surface area contributed by atoms with Gasteiger partial charge in [0, 0.05) is 18.2 Å². The van der Waals surface area contributed by atoms with Crippen molar-refractivity contribution in [2.45, 2.75) is 37.5 Å². The number of amides is 1. The standard InChI is InChI=1S/C22H28N2O5S/c1-3-4-12-29-21-11-10-18(28-2)14-20(21)24-22(25)17-6-5-7-19(13-17)30(26,27)23-15-16-8-9-16/h5-7,10-11,13-14,16,23H,3-4,8-9,12,15H2,1-2H3,(H,24,25). The Balaban J connectivity index is 1.76. The van der Waals surface area contributed by atoms with Crippen molar-refractivity contribution in [1.82, 2.24) is 4.72 Å². The van der Waals surface area contributed by atoms with Crippen LogP contribution in [0.25, 0.3) is 0 Å². The van der Waals surface area contributed by atoms with Gasteiger partial charge in [0.2, 0.25) is 10.0 Å². The molecule has 30 heavy (non-hydrogen) atoms. The Morgan fingerprint density at radius 1 is 1.17 bits per heavy atom. The van der Waals surface area contributed by atoms with E-state index in [0.717, 1.165) is 25.7 Å². The summed E-state index contributed by atoms with van der Waals surface area (Å²) in [4.78, 5) is 12.9. The van der Waals surface area contributed by atoms with Crippen molar-refractivity contribution in [3.05, 3.63) is 48.0 Å². The van der Waals surface area contributed by atoms with Gasteiger partial charge in [0.05, 0.1) is 24.3 Å². The van der Waals surface area contributed by atoms with E-state index in [-0.39, 0.29) is 10.5 Å². The molecule has 0 unspecified atom stereocenters. The summed E-state index contributed by atoms with van der Waals surface area (Å²) < 4.78 is 38.6. The van der Waals surface area contributed by atoms with E-state index in [4.69, 9.17) is 9.47 Å². The largest absolute Gasteiger partial charge is 0.497 e. The van der Waals surface area contributed by atoms with Crippen LogP contribution in [0.5, 0.6) is 11.5 Å². The third kappa shape index (κ3) is 5.96. The molecule has 8 heteroatoms. The van der Waals surface area contributed by atoms with Gasteiger partial charge in [-0.3, -0.25) is 4.79 Å².